The van der Waals surface area contributed by atoms with Crippen LogP contribution in [0.25, 0.3) is 0 Å². The van der Waals surface area contributed by atoms with E-state index in [4.69, 9.17) is 0 Å². The molecular weight excluding hydrogens is 466 g/mol. The number of rotatable bonds is 14. The van der Waals surface area contributed by atoms with Crippen molar-refractivity contribution in [2.75, 3.05) is 27.2 Å². The van der Waals surface area contributed by atoms with Gasteiger partial charge in [0.1, 0.15) is 0 Å². The lowest BCUT2D eigenvalue weighted by molar-refractivity contribution is 0.206. The summed E-state index contributed by atoms with van der Waals surface area (Å²) >= 11 is 0. The van der Waals surface area contributed by atoms with Crippen LogP contribution in [0, 0.1) is 22.7 Å². The summed E-state index contributed by atoms with van der Waals surface area (Å²) < 4.78 is 0. The molecule has 0 bridgehead atoms. The highest BCUT2D eigenvalue weighted by Crippen LogP contribution is 2.36. The van der Waals surface area contributed by atoms with Gasteiger partial charge in [-0.2, -0.15) is 0 Å². The Morgan fingerprint density at radius 2 is 1.55 bits per heavy atom. The monoisotopic (exact) mass is 527 g/mol. The minimum Gasteiger partial charge on any atom is -0.381 e. The van der Waals surface area contributed by atoms with Gasteiger partial charge in [0.2, 0.25) is 0 Å². The summed E-state index contributed by atoms with van der Waals surface area (Å²) in [6, 6.07) is 0.828. The summed E-state index contributed by atoms with van der Waals surface area (Å²) in [5, 5.41) is 11.3. The van der Waals surface area contributed by atoms with Crippen molar-refractivity contribution in [1.82, 2.24) is 25.8 Å². The average molecular weight is 528 g/mol. The zero-order valence-electron chi connectivity index (χ0n) is 26.6. The first kappa shape index (κ1) is 32.3. The highest BCUT2D eigenvalue weighted by Gasteiger charge is 2.39. The fraction of sp³-hybridized carbons (Fsp3) is 0.758. The molecule has 0 amide bonds. The minimum atomic E-state index is -0.0456. The van der Waals surface area contributed by atoms with Crippen molar-refractivity contribution in [2.24, 2.45) is 22.7 Å². The van der Waals surface area contributed by atoms with Gasteiger partial charge in [0.15, 0.2) is 0 Å². The van der Waals surface area contributed by atoms with E-state index in [2.05, 4.69) is 122 Å². The lowest BCUT2D eigenvalue weighted by atomic mass is 9.79. The molecule has 38 heavy (non-hydrogen) atoms. The van der Waals surface area contributed by atoms with Crippen LogP contribution >= 0.6 is 0 Å². The van der Waals surface area contributed by atoms with Crippen LogP contribution in [-0.4, -0.2) is 61.2 Å². The molecule has 0 radical (unpaired) electrons. The third-order valence-corrected chi connectivity index (χ3v) is 8.49. The van der Waals surface area contributed by atoms with E-state index in [9.17, 15) is 0 Å². The number of nitrogens with one attached hydrogen (secondary N) is 3. The smallest absolute Gasteiger partial charge is 0.0920 e. The predicted molar refractivity (Wildman–Crippen MR) is 167 cm³/mol. The maximum atomic E-state index is 4.68. The van der Waals surface area contributed by atoms with Crippen LogP contribution in [0.4, 0.5) is 0 Å². The van der Waals surface area contributed by atoms with Gasteiger partial charge in [-0.3, -0.25) is 0 Å². The van der Waals surface area contributed by atoms with Crippen molar-refractivity contribution in [3.8, 4) is 0 Å². The molecule has 0 aromatic carbocycles. The highest BCUT2D eigenvalue weighted by molar-refractivity contribution is 5.22. The highest BCUT2D eigenvalue weighted by atomic mass is 15.3. The average Bonchev–Trinajstić information content (AvgIpc) is 3.12. The lowest BCUT2D eigenvalue weighted by Gasteiger charge is -2.42. The van der Waals surface area contributed by atoms with E-state index in [0.717, 1.165) is 49.1 Å². The molecule has 1 saturated carbocycles. The molecule has 5 heteroatoms. The third kappa shape index (κ3) is 9.10. The number of likely N-dealkylation sites (N-methyl/N-ethyl adjacent to an activating group) is 1. The van der Waals surface area contributed by atoms with Gasteiger partial charge in [-0.1, -0.05) is 99.6 Å². The van der Waals surface area contributed by atoms with E-state index in [1.54, 1.807) is 0 Å². The van der Waals surface area contributed by atoms with Gasteiger partial charge in [-0.25, -0.2) is 0 Å². The van der Waals surface area contributed by atoms with Gasteiger partial charge in [0, 0.05) is 36.6 Å². The fourth-order valence-corrected chi connectivity index (χ4v) is 5.75. The molecule has 5 atom stereocenters. The van der Waals surface area contributed by atoms with Crippen LogP contribution in [0.15, 0.2) is 49.1 Å². The van der Waals surface area contributed by atoms with Gasteiger partial charge in [0.05, 0.1) is 17.9 Å². The molecule has 5 nitrogen and oxygen atoms in total. The summed E-state index contributed by atoms with van der Waals surface area (Å²) in [6.45, 7) is 38.0. The Balaban J connectivity index is 2.18. The zero-order chi connectivity index (χ0) is 29.0. The second-order valence-corrected chi connectivity index (χ2v) is 14.8. The topological polar surface area (TPSA) is 42.6 Å². The van der Waals surface area contributed by atoms with E-state index in [-0.39, 0.29) is 29.0 Å². The molecule has 0 aromatic rings. The normalized spacial score (nSPS) is 22.9. The second-order valence-electron chi connectivity index (χ2n) is 14.8. The van der Waals surface area contributed by atoms with Crippen LogP contribution in [0.1, 0.15) is 87.5 Å². The van der Waals surface area contributed by atoms with Crippen LogP contribution in [0.5, 0.6) is 0 Å². The molecule has 5 unspecified atom stereocenters. The molecule has 218 valence electrons. The van der Waals surface area contributed by atoms with Crippen molar-refractivity contribution < 1.29 is 0 Å². The molecule has 1 aliphatic carbocycles. The maximum Gasteiger partial charge on any atom is 0.0920 e. The summed E-state index contributed by atoms with van der Waals surface area (Å²) in [7, 11) is 4.24. The Morgan fingerprint density at radius 1 is 0.947 bits per heavy atom. The molecule has 2 fully saturated rings. The second kappa shape index (κ2) is 13.0. The molecule has 0 aromatic heterocycles. The van der Waals surface area contributed by atoms with Gasteiger partial charge >= 0.3 is 0 Å². The largest absolute Gasteiger partial charge is 0.381 e. The fourth-order valence-electron chi connectivity index (χ4n) is 5.75. The zero-order valence-corrected chi connectivity index (χ0v) is 26.6. The quantitative estimate of drug-likeness (QED) is 0.225. The van der Waals surface area contributed by atoms with E-state index in [1.165, 1.54) is 24.8 Å². The minimum absolute atomic E-state index is 0.0370. The van der Waals surface area contributed by atoms with Crippen molar-refractivity contribution in [3.05, 3.63) is 49.1 Å². The molecule has 3 N–H and O–H groups in total. The molecule has 2 rings (SSSR count). The number of hydrogen-bond donors (Lipinski definition) is 3. The molecule has 2 aliphatic rings. The van der Waals surface area contributed by atoms with Gasteiger partial charge < -0.3 is 25.8 Å². The number of likely N-dealkylation sites (tertiary alicyclic amines) is 1. The van der Waals surface area contributed by atoms with Crippen molar-refractivity contribution >= 4 is 0 Å². The first-order chi connectivity index (χ1) is 17.4. The van der Waals surface area contributed by atoms with E-state index >= 15 is 0 Å². The van der Waals surface area contributed by atoms with E-state index in [0.29, 0.717) is 12.0 Å². The summed E-state index contributed by atoms with van der Waals surface area (Å²) in [4.78, 5) is 4.73. The predicted octanol–water partition coefficient (Wildman–Crippen LogP) is 6.49. The number of hydrogen-bond acceptors (Lipinski definition) is 5. The van der Waals surface area contributed by atoms with Crippen molar-refractivity contribution in [3.63, 3.8) is 0 Å². The maximum absolute atomic E-state index is 4.68. The van der Waals surface area contributed by atoms with Crippen LogP contribution in [0.2, 0.25) is 0 Å². The molecular formula is C33H61N5. The lowest BCUT2D eigenvalue weighted by Crippen LogP contribution is -2.53. The molecule has 1 saturated heterocycles. The molecule has 1 aliphatic heterocycles. The first-order valence-corrected chi connectivity index (χ1v) is 14.8. The summed E-state index contributed by atoms with van der Waals surface area (Å²) in [6.07, 6.45) is 6.32. The van der Waals surface area contributed by atoms with E-state index < -0.39 is 0 Å². The first-order valence-electron chi connectivity index (χ1n) is 14.8. The standard InChI is InChI=1S/C33H61N5/c1-22(2)28(19-27-16-15-17-27)34-24(4)29-18-23(3)20-38(29)25(5)31(33(10,11)12)36-26(6)35-30(21-37(13)14)32(7,8)9/h23,27-31,34-36H,1,4-6,15-21H2,2-3,7-14H3. The third-order valence-electron chi connectivity index (χ3n) is 8.49. The Bertz CT molecular complexity index is 838. The number of nitrogens with zero attached hydrogens (tertiary/aromatic N) is 2. The van der Waals surface area contributed by atoms with Gasteiger partial charge in [0.25, 0.3) is 0 Å². The Kier molecular flexibility index (Phi) is 11.0. The molecule has 1 heterocycles. The van der Waals surface area contributed by atoms with Crippen LogP contribution < -0.4 is 16.0 Å². The summed E-state index contributed by atoms with van der Waals surface area (Å²) in [5.41, 5.74) is 3.48. The van der Waals surface area contributed by atoms with Gasteiger partial charge in [-0.05, 0) is 56.5 Å². The summed E-state index contributed by atoms with van der Waals surface area (Å²) in [5.74, 6) is 2.26. The van der Waals surface area contributed by atoms with Crippen molar-refractivity contribution in [1.29, 1.82) is 0 Å². The Labute approximate surface area is 236 Å². The van der Waals surface area contributed by atoms with Crippen LogP contribution in [-0.2, 0) is 0 Å². The van der Waals surface area contributed by atoms with Crippen LogP contribution in [0.3, 0.4) is 0 Å². The Morgan fingerprint density at radius 3 is 2.00 bits per heavy atom. The molecule has 0 spiro atoms. The van der Waals surface area contributed by atoms with Crippen molar-refractivity contribution in [2.45, 2.75) is 112 Å². The van der Waals surface area contributed by atoms with Gasteiger partial charge in [-0.15, -0.1) is 0 Å². The SMILES string of the molecule is C=C(NC(CN(C)C)C(C)(C)C)NC(C(=C)N1CC(C)CC1C(=C)NC(CC1CCC1)C(=C)C)C(C)(C)C. The van der Waals surface area contributed by atoms with E-state index in [1.807, 2.05) is 0 Å². The Hall–Kier alpha value is -1.88.